The standard InChI is InChI=1S/C29H18Cl2N2O6/c30-19-9-5-18(24(31)13-19)15-39-25-12-8-16-3-1-2-4-21(16)22(25)14-23-26(34)32-29(38)33(27(23)35)20-10-6-17(7-11-20)28(36)37/h1-14H,15H2,(H,36,37)(H,32,34,38)/b23-14+. The number of carboxylic acids is 1. The van der Waals surface area contributed by atoms with Gasteiger partial charge in [0.1, 0.15) is 17.9 Å². The fourth-order valence-corrected chi connectivity index (χ4v) is 4.60. The Kier molecular flexibility index (Phi) is 7.06. The van der Waals surface area contributed by atoms with Crippen molar-refractivity contribution in [3.8, 4) is 5.75 Å². The lowest BCUT2D eigenvalue weighted by atomic mass is 9.99. The van der Waals surface area contributed by atoms with E-state index in [1.54, 1.807) is 24.3 Å². The summed E-state index contributed by atoms with van der Waals surface area (Å²) in [6, 6.07) is 20.2. The molecule has 0 radical (unpaired) electrons. The first-order valence-corrected chi connectivity index (χ1v) is 12.3. The van der Waals surface area contributed by atoms with Gasteiger partial charge in [0.2, 0.25) is 0 Å². The number of hydrogen-bond donors (Lipinski definition) is 2. The Labute approximate surface area is 232 Å². The van der Waals surface area contributed by atoms with Gasteiger partial charge in [-0.3, -0.25) is 14.9 Å². The van der Waals surface area contributed by atoms with E-state index in [1.165, 1.54) is 30.3 Å². The van der Waals surface area contributed by atoms with Gasteiger partial charge in [0.05, 0.1) is 11.3 Å². The van der Waals surface area contributed by atoms with Crippen LogP contribution in [0.2, 0.25) is 10.0 Å². The lowest BCUT2D eigenvalue weighted by Gasteiger charge is -2.26. The maximum absolute atomic E-state index is 13.5. The molecule has 0 atom stereocenters. The number of nitrogens with zero attached hydrogens (tertiary/aromatic N) is 1. The minimum absolute atomic E-state index is 0.0196. The number of carbonyl (C=O) groups excluding carboxylic acids is 3. The van der Waals surface area contributed by atoms with Crippen molar-refractivity contribution in [2.24, 2.45) is 0 Å². The van der Waals surface area contributed by atoms with Crippen molar-refractivity contribution in [3.05, 3.63) is 111 Å². The third-order valence-corrected chi connectivity index (χ3v) is 6.68. The van der Waals surface area contributed by atoms with Gasteiger partial charge in [0.25, 0.3) is 11.8 Å². The first kappa shape index (κ1) is 26.0. The Morgan fingerprint density at radius 3 is 2.41 bits per heavy atom. The smallest absolute Gasteiger partial charge is 0.335 e. The number of imide groups is 2. The number of hydrogen-bond acceptors (Lipinski definition) is 5. The molecule has 0 aromatic heterocycles. The summed E-state index contributed by atoms with van der Waals surface area (Å²) < 4.78 is 6.08. The maximum Gasteiger partial charge on any atom is 0.335 e. The van der Waals surface area contributed by atoms with Crippen LogP contribution in [0.5, 0.6) is 5.75 Å². The van der Waals surface area contributed by atoms with Gasteiger partial charge in [-0.2, -0.15) is 0 Å². The fourth-order valence-electron chi connectivity index (χ4n) is 4.13. The molecule has 5 rings (SSSR count). The van der Waals surface area contributed by atoms with Gasteiger partial charge in [-0.15, -0.1) is 0 Å². The summed E-state index contributed by atoms with van der Waals surface area (Å²) in [6.45, 7) is 0.0885. The number of anilines is 1. The van der Waals surface area contributed by atoms with E-state index in [1.807, 2.05) is 30.3 Å². The van der Waals surface area contributed by atoms with Crippen LogP contribution in [0, 0.1) is 0 Å². The summed E-state index contributed by atoms with van der Waals surface area (Å²) in [4.78, 5) is 50.9. The van der Waals surface area contributed by atoms with E-state index in [9.17, 15) is 19.2 Å². The normalized spacial score (nSPS) is 14.6. The van der Waals surface area contributed by atoms with Crippen LogP contribution in [-0.4, -0.2) is 28.9 Å². The summed E-state index contributed by atoms with van der Waals surface area (Å²) in [5.74, 6) is -2.52. The van der Waals surface area contributed by atoms with Gasteiger partial charge < -0.3 is 9.84 Å². The summed E-state index contributed by atoms with van der Waals surface area (Å²) in [6.07, 6.45) is 1.38. The van der Waals surface area contributed by atoms with E-state index in [0.29, 0.717) is 32.3 Å². The van der Waals surface area contributed by atoms with Crippen molar-refractivity contribution < 1.29 is 29.0 Å². The predicted molar refractivity (Wildman–Crippen MR) is 147 cm³/mol. The topological polar surface area (TPSA) is 113 Å². The monoisotopic (exact) mass is 560 g/mol. The zero-order valence-corrected chi connectivity index (χ0v) is 21.5. The minimum Gasteiger partial charge on any atom is -0.488 e. The van der Waals surface area contributed by atoms with Gasteiger partial charge in [-0.25, -0.2) is 14.5 Å². The van der Waals surface area contributed by atoms with Crippen LogP contribution in [0.4, 0.5) is 10.5 Å². The predicted octanol–water partition coefficient (Wildman–Crippen LogP) is 6.09. The zero-order chi connectivity index (χ0) is 27.7. The Hall–Kier alpha value is -4.66. The molecule has 1 aliphatic rings. The van der Waals surface area contributed by atoms with Crippen LogP contribution in [0.3, 0.4) is 0 Å². The number of nitrogens with one attached hydrogen (secondary N) is 1. The molecular formula is C29H18Cl2N2O6. The number of aromatic carboxylic acids is 1. The highest BCUT2D eigenvalue weighted by atomic mass is 35.5. The molecule has 0 bridgehead atoms. The second-order valence-corrected chi connectivity index (χ2v) is 9.38. The van der Waals surface area contributed by atoms with E-state index in [4.69, 9.17) is 33.0 Å². The van der Waals surface area contributed by atoms with Gasteiger partial charge in [-0.1, -0.05) is 59.6 Å². The van der Waals surface area contributed by atoms with E-state index < -0.39 is 23.8 Å². The van der Waals surface area contributed by atoms with Crippen LogP contribution >= 0.6 is 23.2 Å². The molecule has 4 amide bonds. The van der Waals surface area contributed by atoms with Gasteiger partial charge in [0.15, 0.2) is 0 Å². The van der Waals surface area contributed by atoms with Gasteiger partial charge in [-0.05, 0) is 59.3 Å². The molecule has 2 N–H and O–H groups in total. The van der Waals surface area contributed by atoms with E-state index in [0.717, 1.165) is 10.3 Å². The molecule has 194 valence electrons. The van der Waals surface area contributed by atoms with Crippen molar-refractivity contribution in [2.75, 3.05) is 4.90 Å². The number of ether oxygens (including phenoxy) is 1. The molecule has 1 saturated heterocycles. The lowest BCUT2D eigenvalue weighted by Crippen LogP contribution is -2.54. The van der Waals surface area contributed by atoms with Crippen molar-refractivity contribution in [1.82, 2.24) is 5.32 Å². The summed E-state index contributed by atoms with van der Waals surface area (Å²) >= 11 is 12.3. The lowest BCUT2D eigenvalue weighted by molar-refractivity contribution is -0.122. The highest BCUT2D eigenvalue weighted by Gasteiger charge is 2.37. The van der Waals surface area contributed by atoms with E-state index >= 15 is 0 Å². The molecule has 0 aliphatic carbocycles. The highest BCUT2D eigenvalue weighted by Crippen LogP contribution is 2.33. The first-order valence-electron chi connectivity index (χ1n) is 11.6. The molecule has 39 heavy (non-hydrogen) atoms. The average Bonchev–Trinajstić information content (AvgIpc) is 2.91. The van der Waals surface area contributed by atoms with Crippen LogP contribution in [0.25, 0.3) is 16.8 Å². The average molecular weight is 561 g/mol. The number of barbiturate groups is 1. The van der Waals surface area contributed by atoms with Crippen LogP contribution in [-0.2, 0) is 16.2 Å². The van der Waals surface area contributed by atoms with Crippen LogP contribution < -0.4 is 15.0 Å². The number of carbonyl (C=O) groups is 4. The summed E-state index contributed by atoms with van der Waals surface area (Å²) in [5.41, 5.74) is 0.914. The number of rotatable bonds is 6. The Morgan fingerprint density at radius 1 is 0.949 bits per heavy atom. The van der Waals surface area contributed by atoms with E-state index in [2.05, 4.69) is 5.32 Å². The van der Waals surface area contributed by atoms with Crippen molar-refractivity contribution in [2.45, 2.75) is 6.61 Å². The Bertz CT molecular complexity index is 1700. The molecule has 0 spiro atoms. The fraction of sp³-hybridized carbons (Fsp3) is 0.0345. The third kappa shape index (κ3) is 5.20. The largest absolute Gasteiger partial charge is 0.488 e. The zero-order valence-electron chi connectivity index (χ0n) is 20.0. The second-order valence-electron chi connectivity index (χ2n) is 8.53. The van der Waals surface area contributed by atoms with Crippen LogP contribution in [0.15, 0.2) is 84.4 Å². The highest BCUT2D eigenvalue weighted by molar-refractivity contribution is 6.39. The molecule has 1 fully saturated rings. The number of urea groups is 1. The summed E-state index contributed by atoms with van der Waals surface area (Å²) in [5, 5.41) is 13.8. The number of benzene rings is 4. The molecule has 10 heteroatoms. The second kappa shape index (κ2) is 10.6. The number of halogens is 2. The van der Waals surface area contributed by atoms with Gasteiger partial charge in [0, 0.05) is 21.2 Å². The number of fused-ring (bicyclic) bond motifs is 1. The third-order valence-electron chi connectivity index (χ3n) is 6.09. The molecule has 0 unspecified atom stereocenters. The van der Waals surface area contributed by atoms with Crippen molar-refractivity contribution >= 4 is 69.6 Å². The van der Waals surface area contributed by atoms with Crippen molar-refractivity contribution in [3.63, 3.8) is 0 Å². The SMILES string of the molecule is O=C1NC(=O)N(c2ccc(C(=O)O)cc2)C(=O)/C1=C/c1c(OCc2ccc(Cl)cc2Cl)ccc2ccccc12. The van der Waals surface area contributed by atoms with Gasteiger partial charge >= 0.3 is 12.0 Å². The van der Waals surface area contributed by atoms with E-state index in [-0.39, 0.29) is 23.4 Å². The molecule has 0 saturated carbocycles. The quantitative estimate of drug-likeness (QED) is 0.218. The molecule has 8 nitrogen and oxygen atoms in total. The molecule has 4 aromatic rings. The minimum atomic E-state index is -1.16. The Morgan fingerprint density at radius 2 is 1.69 bits per heavy atom. The number of amides is 4. The summed E-state index contributed by atoms with van der Waals surface area (Å²) in [7, 11) is 0. The molecule has 1 heterocycles. The molecular weight excluding hydrogens is 543 g/mol. The molecule has 1 aliphatic heterocycles. The first-order chi connectivity index (χ1) is 18.7. The van der Waals surface area contributed by atoms with Crippen LogP contribution in [0.1, 0.15) is 21.5 Å². The number of carboxylic acid groups (broad SMARTS) is 1. The maximum atomic E-state index is 13.5. The Balaban J connectivity index is 1.56. The molecule has 4 aromatic carbocycles. The van der Waals surface area contributed by atoms with Crippen molar-refractivity contribution in [1.29, 1.82) is 0 Å².